The van der Waals surface area contributed by atoms with Crippen LogP contribution in [0.5, 0.6) is 5.75 Å². The van der Waals surface area contributed by atoms with Gasteiger partial charge in [0.2, 0.25) is 0 Å². The van der Waals surface area contributed by atoms with E-state index < -0.39 is 11.7 Å². The van der Waals surface area contributed by atoms with E-state index in [2.05, 4.69) is 9.99 Å². The summed E-state index contributed by atoms with van der Waals surface area (Å²) in [6.45, 7) is 0.227. The Balaban J connectivity index is 2.06. The van der Waals surface area contributed by atoms with E-state index in [1.165, 1.54) is 13.2 Å². The number of nitrogens with two attached hydrogens (primary N) is 1. The van der Waals surface area contributed by atoms with E-state index >= 15 is 0 Å². The van der Waals surface area contributed by atoms with Crippen molar-refractivity contribution in [2.24, 2.45) is 10.9 Å². The van der Waals surface area contributed by atoms with E-state index in [1.54, 1.807) is 18.2 Å². The van der Waals surface area contributed by atoms with E-state index in [9.17, 15) is 9.18 Å². The van der Waals surface area contributed by atoms with E-state index in [0.29, 0.717) is 12.8 Å². The molecule has 2 aromatic carbocycles. The summed E-state index contributed by atoms with van der Waals surface area (Å²) in [6, 6.07) is 13.8. The number of carbonyl (C=O) groups excluding carboxylic acids is 1. The van der Waals surface area contributed by atoms with Crippen molar-refractivity contribution in [1.29, 1.82) is 0 Å². The molecule has 0 fully saturated rings. The maximum atomic E-state index is 13.6. The van der Waals surface area contributed by atoms with Crippen molar-refractivity contribution in [1.82, 2.24) is 0 Å². The third kappa shape index (κ3) is 4.81. The largest absolute Gasteiger partial charge is 0.486 e. The second-order valence-corrected chi connectivity index (χ2v) is 5.07. The Morgan fingerprint density at radius 3 is 2.46 bits per heavy atom. The zero-order valence-corrected chi connectivity index (χ0v) is 13.4. The zero-order chi connectivity index (χ0) is 17.4. The van der Waals surface area contributed by atoms with E-state index in [-0.39, 0.29) is 18.1 Å². The summed E-state index contributed by atoms with van der Waals surface area (Å²) in [4.78, 5) is 15.9. The molecule has 0 aromatic heterocycles. The lowest BCUT2D eigenvalue weighted by atomic mass is 10.0. The summed E-state index contributed by atoms with van der Waals surface area (Å²) in [5.74, 6) is -0.818. The molecule has 0 heterocycles. The van der Waals surface area contributed by atoms with Crippen LogP contribution in [0.4, 0.5) is 4.39 Å². The molecule has 0 unspecified atom stereocenters. The molecule has 0 bridgehead atoms. The van der Waals surface area contributed by atoms with Crippen molar-refractivity contribution in [3.05, 3.63) is 65.5 Å². The first-order chi connectivity index (χ1) is 11.6. The monoisotopic (exact) mass is 330 g/mol. The van der Waals surface area contributed by atoms with Gasteiger partial charge in [0.25, 0.3) is 5.91 Å². The average molecular weight is 330 g/mol. The van der Waals surface area contributed by atoms with Crippen LogP contribution in [0.15, 0.2) is 53.7 Å². The van der Waals surface area contributed by atoms with Gasteiger partial charge in [-0.05, 0) is 29.7 Å². The first-order valence-electron chi connectivity index (χ1n) is 7.45. The Morgan fingerprint density at radius 2 is 1.79 bits per heavy atom. The van der Waals surface area contributed by atoms with Crippen LogP contribution in [0.3, 0.4) is 0 Å². The van der Waals surface area contributed by atoms with Gasteiger partial charge in [0, 0.05) is 6.42 Å². The Hall–Kier alpha value is -2.89. The first kappa shape index (κ1) is 17.5. The molecule has 0 saturated carbocycles. The molecule has 2 rings (SSSR count). The summed E-state index contributed by atoms with van der Waals surface area (Å²) in [6.07, 6.45) is 0.891. The SMILES string of the molecule is CON=C(CCc1ccccc1COc1ccccc1F)C(N)=O. The van der Waals surface area contributed by atoms with Gasteiger partial charge in [0.05, 0.1) is 0 Å². The van der Waals surface area contributed by atoms with Gasteiger partial charge in [-0.25, -0.2) is 4.39 Å². The van der Waals surface area contributed by atoms with Crippen molar-refractivity contribution in [2.75, 3.05) is 7.11 Å². The number of rotatable bonds is 8. The molecular formula is C18H19FN2O3. The molecular weight excluding hydrogens is 311 g/mol. The normalized spacial score (nSPS) is 11.2. The second-order valence-electron chi connectivity index (χ2n) is 5.07. The van der Waals surface area contributed by atoms with Crippen molar-refractivity contribution in [2.45, 2.75) is 19.4 Å². The number of halogens is 1. The topological polar surface area (TPSA) is 73.9 Å². The number of amides is 1. The molecule has 126 valence electrons. The average Bonchev–Trinajstić information content (AvgIpc) is 2.58. The molecule has 6 heteroatoms. The molecule has 1 amide bonds. The number of hydrogen-bond acceptors (Lipinski definition) is 4. The fraction of sp³-hybridized carbons (Fsp3) is 0.222. The number of para-hydroxylation sites is 1. The summed E-state index contributed by atoms with van der Waals surface area (Å²) in [5.41, 5.74) is 7.30. The Labute approximate surface area is 139 Å². The third-order valence-electron chi connectivity index (χ3n) is 3.46. The van der Waals surface area contributed by atoms with Gasteiger partial charge in [-0.1, -0.05) is 41.6 Å². The van der Waals surface area contributed by atoms with Crippen LogP contribution in [0.1, 0.15) is 17.5 Å². The highest BCUT2D eigenvalue weighted by Gasteiger charge is 2.11. The maximum Gasteiger partial charge on any atom is 0.266 e. The lowest BCUT2D eigenvalue weighted by molar-refractivity contribution is -0.112. The van der Waals surface area contributed by atoms with Crippen LogP contribution in [0.25, 0.3) is 0 Å². The molecule has 0 saturated heterocycles. The summed E-state index contributed by atoms with van der Waals surface area (Å²) >= 11 is 0. The molecule has 0 aliphatic carbocycles. The van der Waals surface area contributed by atoms with Gasteiger partial charge in [-0.2, -0.15) is 0 Å². The van der Waals surface area contributed by atoms with Crippen molar-refractivity contribution < 1.29 is 18.8 Å². The molecule has 0 radical (unpaired) electrons. The predicted octanol–water partition coefficient (Wildman–Crippen LogP) is 2.83. The van der Waals surface area contributed by atoms with Crippen LogP contribution < -0.4 is 10.5 Å². The highest BCUT2D eigenvalue weighted by molar-refractivity contribution is 6.38. The van der Waals surface area contributed by atoms with Gasteiger partial charge in [0.1, 0.15) is 19.4 Å². The van der Waals surface area contributed by atoms with Crippen LogP contribution >= 0.6 is 0 Å². The molecule has 5 nitrogen and oxygen atoms in total. The Morgan fingerprint density at radius 1 is 1.12 bits per heavy atom. The van der Waals surface area contributed by atoms with Crippen LogP contribution in [0, 0.1) is 5.82 Å². The molecule has 24 heavy (non-hydrogen) atoms. The third-order valence-corrected chi connectivity index (χ3v) is 3.46. The lowest BCUT2D eigenvalue weighted by Gasteiger charge is -2.11. The van der Waals surface area contributed by atoms with E-state index in [0.717, 1.165) is 11.1 Å². The smallest absolute Gasteiger partial charge is 0.266 e. The van der Waals surface area contributed by atoms with Crippen LogP contribution in [-0.2, 0) is 22.7 Å². The summed E-state index contributed by atoms with van der Waals surface area (Å²) < 4.78 is 19.2. The number of hydrogen-bond donors (Lipinski definition) is 1. The minimum Gasteiger partial charge on any atom is -0.486 e. The molecule has 0 aliphatic heterocycles. The quantitative estimate of drug-likeness (QED) is 0.597. The standard InChI is InChI=1S/C18H19FN2O3/c1-23-21-16(18(20)22)11-10-13-6-2-3-7-14(13)12-24-17-9-5-4-8-15(17)19/h2-9H,10-12H2,1H3,(H2,20,22). The summed E-state index contributed by atoms with van der Waals surface area (Å²) in [5, 5.41) is 3.63. The number of nitrogens with zero attached hydrogens (tertiary/aromatic N) is 1. The Kier molecular flexibility index (Phi) is 6.31. The van der Waals surface area contributed by atoms with Gasteiger partial charge in [-0.15, -0.1) is 0 Å². The van der Waals surface area contributed by atoms with Crippen LogP contribution in [-0.4, -0.2) is 18.7 Å². The first-order valence-corrected chi connectivity index (χ1v) is 7.45. The van der Waals surface area contributed by atoms with Crippen molar-refractivity contribution >= 4 is 11.6 Å². The van der Waals surface area contributed by atoms with E-state index in [1.807, 2.05) is 24.3 Å². The number of benzene rings is 2. The highest BCUT2D eigenvalue weighted by Crippen LogP contribution is 2.19. The molecule has 0 atom stereocenters. The lowest BCUT2D eigenvalue weighted by Crippen LogP contribution is -2.24. The fourth-order valence-electron chi connectivity index (χ4n) is 2.24. The highest BCUT2D eigenvalue weighted by atomic mass is 19.1. The predicted molar refractivity (Wildman–Crippen MR) is 89.1 cm³/mol. The molecule has 2 N–H and O–H groups in total. The molecule has 2 aromatic rings. The number of primary amides is 1. The minimum atomic E-state index is -0.614. The Bertz CT molecular complexity index is 732. The number of oxime groups is 1. The van der Waals surface area contributed by atoms with E-state index in [4.69, 9.17) is 10.5 Å². The van der Waals surface area contributed by atoms with Gasteiger partial charge in [-0.3, -0.25) is 4.79 Å². The molecule has 0 spiro atoms. The summed E-state index contributed by atoms with van der Waals surface area (Å²) in [7, 11) is 1.36. The van der Waals surface area contributed by atoms with Gasteiger partial charge < -0.3 is 15.3 Å². The van der Waals surface area contributed by atoms with Crippen LogP contribution in [0.2, 0.25) is 0 Å². The minimum absolute atomic E-state index is 0.169. The number of carbonyl (C=O) groups is 1. The fourth-order valence-corrected chi connectivity index (χ4v) is 2.24. The van der Waals surface area contributed by atoms with Gasteiger partial charge >= 0.3 is 0 Å². The van der Waals surface area contributed by atoms with Crippen molar-refractivity contribution in [3.8, 4) is 5.75 Å². The number of ether oxygens (including phenoxy) is 1. The number of aryl methyl sites for hydroxylation is 1. The van der Waals surface area contributed by atoms with Crippen molar-refractivity contribution in [3.63, 3.8) is 0 Å². The molecule has 0 aliphatic rings. The van der Waals surface area contributed by atoms with Gasteiger partial charge in [0.15, 0.2) is 11.6 Å². The maximum absolute atomic E-state index is 13.6. The zero-order valence-electron chi connectivity index (χ0n) is 13.4. The second kappa shape index (κ2) is 8.67.